The van der Waals surface area contributed by atoms with Crippen molar-refractivity contribution in [3.63, 3.8) is 0 Å². The van der Waals surface area contributed by atoms with Crippen LogP contribution in [0.25, 0.3) is 0 Å². The van der Waals surface area contributed by atoms with Crippen molar-refractivity contribution in [2.24, 2.45) is 10.9 Å². The quantitative estimate of drug-likeness (QED) is 0.484. The normalized spacial score (nSPS) is 24.8. The summed E-state index contributed by atoms with van der Waals surface area (Å²) in [5, 5.41) is 0. The largest absolute Gasteiger partial charge is 0.248 e. The van der Waals surface area contributed by atoms with Crippen molar-refractivity contribution in [1.29, 1.82) is 0 Å². The molecule has 0 spiro atoms. The van der Waals surface area contributed by atoms with Crippen LogP contribution in [0.1, 0.15) is 32.6 Å². The molecule has 0 radical (unpaired) electrons. The Hall–Kier alpha value is -0.760. The lowest BCUT2D eigenvalue weighted by molar-refractivity contribution is -0.0475. The Morgan fingerprint density at radius 2 is 2.00 bits per heavy atom. The van der Waals surface area contributed by atoms with E-state index in [0.717, 1.165) is 0 Å². The summed E-state index contributed by atoms with van der Waals surface area (Å²) >= 11 is 0. The minimum Gasteiger partial charge on any atom is -0.211 e. The van der Waals surface area contributed by atoms with Crippen LogP contribution in [0, 0.1) is 5.92 Å². The number of carbonyl (C=O) groups excluding carboxylic acids is 1. The maximum Gasteiger partial charge on any atom is 0.248 e. The highest BCUT2D eigenvalue weighted by atomic mass is 19.3. The van der Waals surface area contributed by atoms with Crippen LogP contribution < -0.4 is 0 Å². The first-order chi connectivity index (χ1) is 6.05. The van der Waals surface area contributed by atoms with Crippen molar-refractivity contribution in [3.8, 4) is 0 Å². The second-order valence-corrected chi connectivity index (χ2v) is 3.65. The average Bonchev–Trinajstić information content (AvgIpc) is 2.04. The number of isocyanates is 1. The molecule has 0 aromatic rings. The highest BCUT2D eigenvalue weighted by Gasteiger charge is 2.36. The Kier molecular flexibility index (Phi) is 3.15. The molecule has 2 nitrogen and oxygen atoms in total. The molecule has 0 aromatic heterocycles. The molecule has 0 N–H and O–H groups in total. The van der Waals surface area contributed by atoms with Crippen LogP contribution in [0.4, 0.5) is 8.78 Å². The first-order valence-corrected chi connectivity index (χ1v) is 4.50. The number of rotatable bonds is 2. The second kappa shape index (κ2) is 3.97. The molecular weight excluding hydrogens is 176 g/mol. The molecule has 0 amide bonds. The van der Waals surface area contributed by atoms with E-state index in [-0.39, 0.29) is 24.8 Å². The van der Waals surface area contributed by atoms with Gasteiger partial charge in [-0.1, -0.05) is 0 Å². The van der Waals surface area contributed by atoms with Gasteiger partial charge >= 0.3 is 0 Å². The van der Waals surface area contributed by atoms with E-state index in [0.29, 0.717) is 12.8 Å². The summed E-state index contributed by atoms with van der Waals surface area (Å²) in [5.41, 5.74) is 0. The van der Waals surface area contributed by atoms with Crippen molar-refractivity contribution in [1.82, 2.24) is 0 Å². The Labute approximate surface area is 76.0 Å². The van der Waals surface area contributed by atoms with Gasteiger partial charge in [-0.3, -0.25) is 0 Å². The molecule has 1 rings (SSSR count). The van der Waals surface area contributed by atoms with Gasteiger partial charge in [0.25, 0.3) is 0 Å². The van der Waals surface area contributed by atoms with Crippen molar-refractivity contribution >= 4 is 6.08 Å². The molecular formula is C9H13F2NO. The Bertz CT molecular complexity index is 214. The molecule has 1 aliphatic carbocycles. The van der Waals surface area contributed by atoms with Crippen molar-refractivity contribution in [2.45, 2.75) is 44.6 Å². The summed E-state index contributed by atoms with van der Waals surface area (Å²) < 4.78 is 25.4. The summed E-state index contributed by atoms with van der Waals surface area (Å²) in [6, 6.07) is -0.159. The van der Waals surface area contributed by atoms with Crippen LogP contribution in [0.2, 0.25) is 0 Å². The molecule has 0 bridgehead atoms. The summed E-state index contributed by atoms with van der Waals surface area (Å²) in [7, 11) is 0. The molecule has 0 heterocycles. The zero-order chi connectivity index (χ0) is 9.90. The van der Waals surface area contributed by atoms with E-state index in [4.69, 9.17) is 0 Å². The predicted molar refractivity (Wildman–Crippen MR) is 44.5 cm³/mol. The fraction of sp³-hybridized carbons (Fsp3) is 0.889. The smallest absolute Gasteiger partial charge is 0.211 e. The number of nitrogens with zero attached hydrogens (tertiary/aromatic N) is 1. The number of halogens is 2. The number of alkyl halides is 2. The van der Waals surface area contributed by atoms with E-state index in [1.807, 2.05) is 0 Å². The van der Waals surface area contributed by atoms with Gasteiger partial charge in [0, 0.05) is 12.8 Å². The van der Waals surface area contributed by atoms with Gasteiger partial charge in [-0.2, -0.15) is 0 Å². The molecule has 74 valence electrons. The van der Waals surface area contributed by atoms with Gasteiger partial charge < -0.3 is 0 Å². The van der Waals surface area contributed by atoms with Crippen LogP contribution in [0.3, 0.4) is 0 Å². The lowest BCUT2D eigenvalue weighted by Gasteiger charge is -2.29. The van der Waals surface area contributed by atoms with Crippen LogP contribution in [0.15, 0.2) is 4.99 Å². The van der Waals surface area contributed by atoms with Crippen molar-refractivity contribution in [2.75, 3.05) is 0 Å². The van der Waals surface area contributed by atoms with Crippen LogP contribution in [0.5, 0.6) is 0 Å². The molecule has 1 unspecified atom stereocenters. The third kappa shape index (κ3) is 2.88. The molecule has 13 heavy (non-hydrogen) atoms. The van der Waals surface area contributed by atoms with E-state index < -0.39 is 5.92 Å². The monoisotopic (exact) mass is 189 g/mol. The molecule has 1 atom stereocenters. The maximum atomic E-state index is 12.7. The zero-order valence-electron chi connectivity index (χ0n) is 7.59. The van der Waals surface area contributed by atoms with Gasteiger partial charge in [0.15, 0.2) is 0 Å². The van der Waals surface area contributed by atoms with Gasteiger partial charge in [-0.15, -0.1) is 0 Å². The van der Waals surface area contributed by atoms with E-state index in [9.17, 15) is 13.6 Å². The predicted octanol–water partition coefficient (Wildman–Crippen LogP) is 2.54. The molecule has 0 aliphatic heterocycles. The van der Waals surface area contributed by atoms with Gasteiger partial charge in [-0.05, 0) is 25.7 Å². The van der Waals surface area contributed by atoms with E-state index in [2.05, 4.69) is 4.99 Å². The molecule has 1 aliphatic rings. The van der Waals surface area contributed by atoms with Crippen molar-refractivity contribution < 1.29 is 13.6 Å². The van der Waals surface area contributed by atoms with E-state index in [1.165, 1.54) is 6.08 Å². The van der Waals surface area contributed by atoms with Gasteiger partial charge in [0.1, 0.15) is 0 Å². The highest BCUT2D eigenvalue weighted by molar-refractivity contribution is 5.33. The lowest BCUT2D eigenvalue weighted by atomic mass is 9.83. The van der Waals surface area contributed by atoms with Crippen LogP contribution in [-0.2, 0) is 4.79 Å². The zero-order valence-corrected chi connectivity index (χ0v) is 7.59. The first kappa shape index (κ1) is 10.3. The summed E-state index contributed by atoms with van der Waals surface area (Å²) in [6.45, 7) is 1.78. The summed E-state index contributed by atoms with van der Waals surface area (Å²) in [5.74, 6) is -2.37. The summed E-state index contributed by atoms with van der Waals surface area (Å²) in [6.07, 6.45) is 2.24. The fourth-order valence-electron chi connectivity index (χ4n) is 1.73. The van der Waals surface area contributed by atoms with E-state index in [1.54, 1.807) is 6.92 Å². The van der Waals surface area contributed by atoms with Gasteiger partial charge in [0.2, 0.25) is 12.0 Å². The second-order valence-electron chi connectivity index (χ2n) is 3.65. The minimum absolute atomic E-state index is 0.0730. The summed E-state index contributed by atoms with van der Waals surface area (Å²) in [4.78, 5) is 13.5. The van der Waals surface area contributed by atoms with Crippen LogP contribution in [-0.4, -0.2) is 18.0 Å². The highest BCUT2D eigenvalue weighted by Crippen LogP contribution is 2.37. The van der Waals surface area contributed by atoms with Crippen molar-refractivity contribution in [3.05, 3.63) is 0 Å². The van der Waals surface area contributed by atoms with E-state index >= 15 is 0 Å². The first-order valence-electron chi connectivity index (χ1n) is 4.50. The van der Waals surface area contributed by atoms with Gasteiger partial charge in [0.05, 0.1) is 6.04 Å². The third-order valence-electron chi connectivity index (χ3n) is 2.70. The standard InChI is InChI=1S/C9H13F2NO/c1-7(12-6-13)8-2-4-9(10,11)5-3-8/h7-8H,2-5H2,1H3. The molecule has 0 saturated heterocycles. The van der Waals surface area contributed by atoms with Crippen LogP contribution >= 0.6 is 0 Å². The molecule has 1 saturated carbocycles. The number of aliphatic imine (C=N–C) groups is 1. The average molecular weight is 189 g/mol. The molecule has 0 aromatic carbocycles. The third-order valence-corrected chi connectivity index (χ3v) is 2.70. The topological polar surface area (TPSA) is 29.4 Å². The van der Waals surface area contributed by atoms with Gasteiger partial charge in [-0.25, -0.2) is 18.6 Å². The Balaban J connectivity index is 2.45. The minimum atomic E-state index is -2.50. The molecule has 4 heteroatoms. The Morgan fingerprint density at radius 1 is 1.46 bits per heavy atom. The fourth-order valence-corrected chi connectivity index (χ4v) is 1.73. The molecule has 1 fully saturated rings. The Morgan fingerprint density at radius 3 is 2.46 bits per heavy atom. The SMILES string of the molecule is CC(N=C=O)C1CCC(F)(F)CC1. The maximum absolute atomic E-state index is 12.7. The lowest BCUT2D eigenvalue weighted by Crippen LogP contribution is -2.29. The number of hydrogen-bond acceptors (Lipinski definition) is 2. The number of hydrogen-bond donors (Lipinski definition) is 0.